The zero-order valence-electron chi connectivity index (χ0n) is 14.2. The van der Waals surface area contributed by atoms with Gasteiger partial charge in [0.2, 0.25) is 15.9 Å². The SMILES string of the molecule is CC(=O)NCCOCCO[C@@H]1CCN(S(=O)(=O)c2ccc(O)cc2)C1. The van der Waals surface area contributed by atoms with Crippen LogP contribution in [0.25, 0.3) is 0 Å². The summed E-state index contributed by atoms with van der Waals surface area (Å²) < 4.78 is 37.4. The van der Waals surface area contributed by atoms with Crippen molar-refractivity contribution in [2.24, 2.45) is 0 Å². The number of nitrogens with one attached hydrogen (secondary N) is 1. The van der Waals surface area contributed by atoms with Crippen LogP contribution in [0.5, 0.6) is 5.75 Å². The second-order valence-electron chi connectivity index (χ2n) is 5.73. The van der Waals surface area contributed by atoms with Crippen LogP contribution in [0.2, 0.25) is 0 Å². The summed E-state index contributed by atoms with van der Waals surface area (Å²) in [7, 11) is -3.57. The molecule has 1 aromatic rings. The van der Waals surface area contributed by atoms with Crippen molar-refractivity contribution >= 4 is 15.9 Å². The van der Waals surface area contributed by atoms with Crippen LogP contribution in [0, 0.1) is 0 Å². The molecule has 1 aromatic carbocycles. The van der Waals surface area contributed by atoms with E-state index in [4.69, 9.17) is 9.47 Å². The molecule has 1 amide bonds. The highest BCUT2D eigenvalue weighted by molar-refractivity contribution is 7.89. The van der Waals surface area contributed by atoms with Gasteiger partial charge in [-0.3, -0.25) is 4.79 Å². The molecule has 0 spiro atoms. The minimum absolute atomic E-state index is 0.0279. The third kappa shape index (κ3) is 5.96. The van der Waals surface area contributed by atoms with Gasteiger partial charge in [0.15, 0.2) is 0 Å². The number of carbonyl (C=O) groups excluding carboxylic acids is 1. The molecule has 1 fully saturated rings. The summed E-state index contributed by atoms with van der Waals surface area (Å²) in [6.45, 7) is 3.78. The van der Waals surface area contributed by atoms with Gasteiger partial charge in [-0.2, -0.15) is 4.31 Å². The Labute approximate surface area is 147 Å². The molecular weight excluding hydrogens is 348 g/mol. The first-order chi connectivity index (χ1) is 11.9. The maximum Gasteiger partial charge on any atom is 0.243 e. The molecule has 0 saturated carbocycles. The highest BCUT2D eigenvalue weighted by atomic mass is 32.2. The predicted molar refractivity (Wildman–Crippen MR) is 90.7 cm³/mol. The standard InChI is InChI=1S/C16H24N2O6S/c1-13(19)17-7-9-23-10-11-24-15-6-8-18(12-15)25(21,22)16-4-2-14(20)3-5-16/h2-5,15,20H,6-12H2,1H3,(H,17,19)/t15-/m1/s1. The third-order valence-corrected chi connectivity index (χ3v) is 5.66. The number of sulfonamides is 1. The number of benzene rings is 1. The van der Waals surface area contributed by atoms with E-state index >= 15 is 0 Å². The van der Waals surface area contributed by atoms with Crippen molar-refractivity contribution in [1.82, 2.24) is 9.62 Å². The summed E-state index contributed by atoms with van der Waals surface area (Å²) in [5.74, 6) is -0.0687. The van der Waals surface area contributed by atoms with E-state index in [1.807, 2.05) is 0 Å². The normalized spacial score (nSPS) is 18.4. The molecule has 25 heavy (non-hydrogen) atoms. The Balaban J connectivity index is 1.70. The molecule has 2 N–H and O–H groups in total. The van der Waals surface area contributed by atoms with Crippen LogP contribution in [-0.4, -0.2) is 69.3 Å². The van der Waals surface area contributed by atoms with E-state index in [0.29, 0.717) is 45.9 Å². The van der Waals surface area contributed by atoms with Gasteiger partial charge in [-0.1, -0.05) is 0 Å². The van der Waals surface area contributed by atoms with Gasteiger partial charge in [-0.05, 0) is 30.7 Å². The second-order valence-corrected chi connectivity index (χ2v) is 7.67. The first-order valence-corrected chi connectivity index (χ1v) is 9.56. The number of phenols is 1. The van der Waals surface area contributed by atoms with E-state index in [0.717, 1.165) is 0 Å². The van der Waals surface area contributed by atoms with Gasteiger partial charge < -0.3 is 19.9 Å². The fourth-order valence-electron chi connectivity index (χ4n) is 2.49. The van der Waals surface area contributed by atoms with E-state index in [1.54, 1.807) is 0 Å². The van der Waals surface area contributed by atoms with E-state index in [-0.39, 0.29) is 22.7 Å². The molecule has 8 nitrogen and oxygen atoms in total. The molecule has 0 aliphatic carbocycles. The number of hydrogen-bond acceptors (Lipinski definition) is 6. The molecular formula is C16H24N2O6S. The maximum atomic E-state index is 12.5. The van der Waals surface area contributed by atoms with E-state index < -0.39 is 10.0 Å². The van der Waals surface area contributed by atoms with Gasteiger partial charge in [-0.15, -0.1) is 0 Å². The van der Waals surface area contributed by atoms with Gasteiger partial charge in [0.05, 0.1) is 30.8 Å². The monoisotopic (exact) mass is 372 g/mol. The lowest BCUT2D eigenvalue weighted by Gasteiger charge is -2.17. The topological polar surface area (TPSA) is 105 Å². The number of rotatable bonds is 9. The molecule has 0 unspecified atom stereocenters. The van der Waals surface area contributed by atoms with Crippen LogP contribution in [0.4, 0.5) is 0 Å². The maximum absolute atomic E-state index is 12.5. The second kappa shape index (κ2) is 9.14. The van der Waals surface area contributed by atoms with Gasteiger partial charge >= 0.3 is 0 Å². The van der Waals surface area contributed by atoms with E-state index in [1.165, 1.54) is 35.5 Å². The summed E-state index contributed by atoms with van der Waals surface area (Å²) in [6, 6.07) is 5.49. The highest BCUT2D eigenvalue weighted by Gasteiger charge is 2.32. The summed E-state index contributed by atoms with van der Waals surface area (Å²) in [5, 5.41) is 11.9. The largest absolute Gasteiger partial charge is 0.508 e. The van der Waals surface area contributed by atoms with Crippen LogP contribution >= 0.6 is 0 Å². The fraction of sp³-hybridized carbons (Fsp3) is 0.562. The summed E-state index contributed by atoms with van der Waals surface area (Å²) >= 11 is 0. The molecule has 1 aliphatic rings. The molecule has 0 radical (unpaired) electrons. The molecule has 1 saturated heterocycles. The number of nitrogens with zero attached hydrogens (tertiary/aromatic N) is 1. The molecule has 1 atom stereocenters. The van der Waals surface area contributed by atoms with Gasteiger partial charge in [0.25, 0.3) is 0 Å². The first kappa shape index (κ1) is 19.6. The summed E-state index contributed by atoms with van der Waals surface area (Å²) in [6.07, 6.45) is 0.467. The smallest absolute Gasteiger partial charge is 0.243 e. The zero-order chi connectivity index (χ0) is 18.3. The number of ether oxygens (including phenoxy) is 2. The molecule has 1 heterocycles. The Morgan fingerprint density at radius 3 is 2.68 bits per heavy atom. The molecule has 1 aliphatic heterocycles. The molecule has 2 rings (SSSR count). The van der Waals surface area contributed by atoms with Crippen LogP contribution in [0.1, 0.15) is 13.3 Å². The van der Waals surface area contributed by atoms with Crippen LogP contribution in [0.3, 0.4) is 0 Å². The summed E-state index contributed by atoms with van der Waals surface area (Å²) in [4.78, 5) is 10.8. The van der Waals surface area contributed by atoms with Crippen molar-refractivity contribution in [2.45, 2.75) is 24.3 Å². The number of phenolic OH excluding ortho intramolecular Hbond substituents is 1. The van der Waals surface area contributed by atoms with E-state index in [9.17, 15) is 18.3 Å². The zero-order valence-corrected chi connectivity index (χ0v) is 15.0. The van der Waals surface area contributed by atoms with Crippen LogP contribution in [-0.2, 0) is 24.3 Å². The van der Waals surface area contributed by atoms with Gasteiger partial charge in [0.1, 0.15) is 5.75 Å². The van der Waals surface area contributed by atoms with Crippen molar-refractivity contribution in [3.05, 3.63) is 24.3 Å². The molecule has 0 aromatic heterocycles. The van der Waals surface area contributed by atoms with Gasteiger partial charge in [-0.25, -0.2) is 8.42 Å². The summed E-state index contributed by atoms with van der Waals surface area (Å²) in [5.41, 5.74) is 0. The lowest BCUT2D eigenvalue weighted by atomic mass is 10.3. The Hall–Kier alpha value is -1.68. The van der Waals surface area contributed by atoms with Crippen LogP contribution in [0.15, 0.2) is 29.2 Å². The van der Waals surface area contributed by atoms with Gasteiger partial charge in [0, 0.05) is 26.6 Å². The first-order valence-electron chi connectivity index (χ1n) is 8.12. The third-order valence-electron chi connectivity index (χ3n) is 3.78. The predicted octanol–water partition coefficient (Wildman–Crippen LogP) is 0.325. The Morgan fingerprint density at radius 1 is 1.28 bits per heavy atom. The number of hydrogen-bond donors (Lipinski definition) is 2. The lowest BCUT2D eigenvalue weighted by Crippen LogP contribution is -2.30. The van der Waals surface area contributed by atoms with Crippen LogP contribution < -0.4 is 5.32 Å². The molecule has 140 valence electrons. The number of aromatic hydroxyl groups is 1. The Bertz CT molecular complexity index is 662. The van der Waals surface area contributed by atoms with E-state index in [2.05, 4.69) is 5.32 Å². The Morgan fingerprint density at radius 2 is 2.00 bits per heavy atom. The fourth-order valence-corrected chi connectivity index (χ4v) is 3.98. The van der Waals surface area contributed by atoms with Crippen molar-refractivity contribution < 1.29 is 27.8 Å². The lowest BCUT2D eigenvalue weighted by molar-refractivity contribution is -0.119. The van der Waals surface area contributed by atoms with Crippen molar-refractivity contribution in [3.8, 4) is 5.75 Å². The average molecular weight is 372 g/mol. The minimum Gasteiger partial charge on any atom is -0.508 e. The number of amides is 1. The molecule has 0 bridgehead atoms. The van der Waals surface area contributed by atoms with Crippen molar-refractivity contribution in [2.75, 3.05) is 39.5 Å². The Kier molecular flexibility index (Phi) is 7.18. The number of carbonyl (C=O) groups is 1. The van der Waals surface area contributed by atoms with Crippen molar-refractivity contribution in [1.29, 1.82) is 0 Å². The highest BCUT2D eigenvalue weighted by Crippen LogP contribution is 2.23. The van der Waals surface area contributed by atoms with Crippen molar-refractivity contribution in [3.63, 3.8) is 0 Å². The molecule has 9 heteroatoms. The minimum atomic E-state index is -3.57. The average Bonchev–Trinajstić information content (AvgIpc) is 3.04. The quantitative estimate of drug-likeness (QED) is 0.605.